The predicted molar refractivity (Wildman–Crippen MR) is 79.2 cm³/mol. The molecule has 0 aliphatic carbocycles. The van der Waals surface area contributed by atoms with Crippen molar-refractivity contribution in [1.29, 1.82) is 0 Å². The van der Waals surface area contributed by atoms with E-state index in [1.54, 1.807) is 0 Å². The number of non-ortho nitro benzene ring substituents is 1. The lowest BCUT2D eigenvalue weighted by molar-refractivity contribution is -0.384. The van der Waals surface area contributed by atoms with Gasteiger partial charge in [0.2, 0.25) is 15.0 Å². The van der Waals surface area contributed by atoms with Crippen LogP contribution in [0.25, 0.3) is 0 Å². The molecule has 2 aromatic rings. The van der Waals surface area contributed by atoms with E-state index in [4.69, 9.17) is 0 Å². The average Bonchev–Trinajstić information content (AvgIpc) is 2.42. The lowest BCUT2D eigenvalue weighted by atomic mass is 10.2. The Kier molecular flexibility index (Phi) is 4.37. The van der Waals surface area contributed by atoms with Crippen LogP contribution in [0, 0.1) is 15.9 Å². The highest BCUT2D eigenvalue weighted by atomic mass is 79.9. The first kappa shape index (κ1) is 16.2. The van der Waals surface area contributed by atoms with Gasteiger partial charge in [0.05, 0.1) is 15.1 Å². The maximum Gasteiger partial charge on any atom is 0.271 e. The SMILES string of the molecule is CS(=O)(=O)c1ncc(Br)c(Nc2cc([N+](=O)[O-])ccc2F)n1. The van der Waals surface area contributed by atoms with Crippen molar-refractivity contribution in [2.24, 2.45) is 0 Å². The van der Waals surface area contributed by atoms with E-state index in [0.717, 1.165) is 24.5 Å². The van der Waals surface area contributed by atoms with Gasteiger partial charge in [0, 0.05) is 24.6 Å². The van der Waals surface area contributed by atoms with E-state index in [9.17, 15) is 22.9 Å². The first-order valence-corrected chi connectivity index (χ1v) is 8.30. The minimum absolute atomic E-state index is 0.0326. The molecular formula is C11H8BrFN4O4S. The van der Waals surface area contributed by atoms with Crippen LogP contribution in [0.2, 0.25) is 0 Å². The summed E-state index contributed by atoms with van der Waals surface area (Å²) in [7, 11) is -3.65. The fourth-order valence-electron chi connectivity index (χ4n) is 1.47. The summed E-state index contributed by atoms with van der Waals surface area (Å²) >= 11 is 3.09. The Morgan fingerprint density at radius 3 is 2.68 bits per heavy atom. The zero-order chi connectivity index (χ0) is 16.5. The second kappa shape index (κ2) is 5.93. The summed E-state index contributed by atoms with van der Waals surface area (Å²) in [6, 6.07) is 2.91. The molecule has 0 amide bonds. The van der Waals surface area contributed by atoms with E-state index in [1.807, 2.05) is 0 Å². The molecular weight excluding hydrogens is 383 g/mol. The van der Waals surface area contributed by atoms with Gasteiger partial charge in [-0.15, -0.1) is 0 Å². The molecule has 0 bridgehead atoms. The number of nitro benzene ring substituents is 1. The molecule has 0 aliphatic heterocycles. The van der Waals surface area contributed by atoms with Crippen LogP contribution in [-0.4, -0.2) is 29.6 Å². The molecule has 0 unspecified atom stereocenters. The van der Waals surface area contributed by atoms with Gasteiger partial charge in [-0.3, -0.25) is 10.1 Å². The fourth-order valence-corrected chi connectivity index (χ4v) is 2.26. The van der Waals surface area contributed by atoms with E-state index in [0.29, 0.717) is 0 Å². The number of anilines is 2. The second-order valence-electron chi connectivity index (χ2n) is 4.17. The zero-order valence-corrected chi connectivity index (χ0v) is 13.4. The molecule has 1 heterocycles. The molecule has 11 heteroatoms. The first-order valence-electron chi connectivity index (χ1n) is 5.62. The summed E-state index contributed by atoms with van der Waals surface area (Å²) < 4.78 is 36.8. The summed E-state index contributed by atoms with van der Waals surface area (Å²) in [6.07, 6.45) is 2.11. The van der Waals surface area contributed by atoms with Gasteiger partial charge in [-0.25, -0.2) is 17.8 Å². The number of rotatable bonds is 4. The number of halogens is 2. The molecule has 0 saturated carbocycles. The minimum atomic E-state index is -3.65. The third-order valence-electron chi connectivity index (χ3n) is 2.47. The van der Waals surface area contributed by atoms with Gasteiger partial charge in [-0.2, -0.15) is 4.98 Å². The molecule has 1 aromatic carbocycles. The monoisotopic (exact) mass is 390 g/mol. The number of nitro groups is 1. The Morgan fingerprint density at radius 1 is 1.41 bits per heavy atom. The lowest BCUT2D eigenvalue weighted by Crippen LogP contribution is -2.07. The van der Waals surface area contributed by atoms with Crippen molar-refractivity contribution in [3.63, 3.8) is 0 Å². The zero-order valence-electron chi connectivity index (χ0n) is 10.9. The van der Waals surface area contributed by atoms with Crippen molar-refractivity contribution < 1.29 is 17.7 Å². The summed E-state index contributed by atoms with van der Waals surface area (Å²) in [4.78, 5) is 17.4. The van der Waals surface area contributed by atoms with Crippen LogP contribution in [-0.2, 0) is 9.84 Å². The van der Waals surface area contributed by atoms with Crippen molar-refractivity contribution in [3.05, 3.63) is 44.8 Å². The van der Waals surface area contributed by atoms with Crippen LogP contribution in [0.15, 0.2) is 34.0 Å². The molecule has 116 valence electrons. The smallest absolute Gasteiger partial charge is 0.271 e. The summed E-state index contributed by atoms with van der Waals surface area (Å²) in [5.41, 5.74) is -0.537. The van der Waals surface area contributed by atoms with Gasteiger partial charge in [0.25, 0.3) is 5.69 Å². The summed E-state index contributed by atoms with van der Waals surface area (Å²) in [5, 5.41) is 12.8. The number of aromatic nitrogens is 2. The minimum Gasteiger partial charge on any atom is -0.337 e. The highest BCUT2D eigenvalue weighted by Crippen LogP contribution is 2.28. The Balaban J connectivity index is 2.47. The molecule has 1 aromatic heterocycles. The summed E-state index contributed by atoms with van der Waals surface area (Å²) in [5.74, 6) is -0.785. The van der Waals surface area contributed by atoms with Gasteiger partial charge >= 0.3 is 0 Å². The number of hydrogen-bond acceptors (Lipinski definition) is 7. The Labute approximate surface area is 132 Å². The summed E-state index contributed by atoms with van der Waals surface area (Å²) in [6.45, 7) is 0. The third-order valence-corrected chi connectivity index (χ3v) is 3.91. The number of sulfone groups is 1. The van der Waals surface area contributed by atoms with Gasteiger partial charge in [0.1, 0.15) is 11.6 Å². The lowest BCUT2D eigenvalue weighted by Gasteiger charge is -2.09. The Hall–Kier alpha value is -2.14. The van der Waals surface area contributed by atoms with Crippen LogP contribution in [0.5, 0.6) is 0 Å². The predicted octanol–water partition coefficient (Wildman–Crippen LogP) is 2.43. The standard InChI is InChI=1S/C11H8BrFN4O4S/c1-22(20,21)11-14-5-7(12)10(16-11)15-9-4-6(17(18)19)2-3-8(9)13/h2-5H,1H3,(H,14,15,16). The van der Waals surface area contributed by atoms with Gasteiger partial charge in [-0.1, -0.05) is 0 Å². The van der Waals surface area contributed by atoms with Gasteiger partial charge in [-0.05, 0) is 22.0 Å². The molecule has 0 radical (unpaired) electrons. The van der Waals surface area contributed by atoms with Gasteiger partial charge < -0.3 is 5.32 Å². The molecule has 0 saturated heterocycles. The van der Waals surface area contributed by atoms with E-state index in [2.05, 4.69) is 31.2 Å². The Morgan fingerprint density at radius 2 is 2.09 bits per heavy atom. The number of nitrogens with zero attached hydrogens (tertiary/aromatic N) is 3. The average molecular weight is 391 g/mol. The molecule has 0 spiro atoms. The van der Waals surface area contributed by atoms with Crippen molar-refractivity contribution in [2.75, 3.05) is 11.6 Å². The number of benzene rings is 1. The highest BCUT2D eigenvalue weighted by Gasteiger charge is 2.16. The largest absolute Gasteiger partial charge is 0.337 e. The molecule has 0 atom stereocenters. The van der Waals surface area contributed by atoms with Crippen LogP contribution in [0.3, 0.4) is 0 Å². The molecule has 0 fully saturated rings. The number of nitrogens with one attached hydrogen (secondary N) is 1. The molecule has 1 N–H and O–H groups in total. The Bertz CT molecular complexity index is 859. The van der Waals surface area contributed by atoms with Crippen LogP contribution in [0.4, 0.5) is 21.6 Å². The van der Waals surface area contributed by atoms with E-state index in [1.165, 1.54) is 6.20 Å². The molecule has 0 aliphatic rings. The highest BCUT2D eigenvalue weighted by molar-refractivity contribution is 9.10. The van der Waals surface area contributed by atoms with Crippen molar-refractivity contribution in [2.45, 2.75) is 5.16 Å². The topological polar surface area (TPSA) is 115 Å². The maximum absolute atomic E-state index is 13.7. The fraction of sp³-hybridized carbons (Fsp3) is 0.0909. The first-order chi connectivity index (χ1) is 10.2. The maximum atomic E-state index is 13.7. The second-order valence-corrected chi connectivity index (χ2v) is 6.93. The van der Waals surface area contributed by atoms with Crippen LogP contribution >= 0.6 is 15.9 Å². The molecule has 8 nitrogen and oxygen atoms in total. The number of hydrogen-bond donors (Lipinski definition) is 1. The van der Waals surface area contributed by atoms with E-state index >= 15 is 0 Å². The molecule has 2 rings (SSSR count). The van der Waals surface area contributed by atoms with Crippen molar-refractivity contribution in [1.82, 2.24) is 9.97 Å². The van der Waals surface area contributed by atoms with E-state index in [-0.39, 0.29) is 21.7 Å². The quantitative estimate of drug-likeness (QED) is 0.484. The normalized spacial score (nSPS) is 11.2. The van der Waals surface area contributed by atoms with E-state index < -0.39 is 25.7 Å². The van der Waals surface area contributed by atoms with Crippen LogP contribution < -0.4 is 5.32 Å². The van der Waals surface area contributed by atoms with Crippen molar-refractivity contribution >= 4 is 43.0 Å². The van der Waals surface area contributed by atoms with Crippen molar-refractivity contribution in [3.8, 4) is 0 Å². The van der Waals surface area contributed by atoms with Crippen LogP contribution in [0.1, 0.15) is 0 Å². The molecule has 22 heavy (non-hydrogen) atoms. The third kappa shape index (κ3) is 3.54. The van der Waals surface area contributed by atoms with Gasteiger partial charge in [0.15, 0.2) is 0 Å².